The Morgan fingerprint density at radius 1 is 1.14 bits per heavy atom. The molecule has 106 valence electrons. The molecule has 0 aliphatic carbocycles. The van der Waals surface area contributed by atoms with E-state index >= 15 is 0 Å². The van der Waals surface area contributed by atoms with E-state index in [0.29, 0.717) is 5.56 Å². The maximum absolute atomic E-state index is 13.3. The second kappa shape index (κ2) is 6.87. The molecule has 0 aliphatic heterocycles. The van der Waals surface area contributed by atoms with Crippen LogP contribution in [0.1, 0.15) is 5.56 Å². The van der Waals surface area contributed by atoms with Crippen molar-refractivity contribution in [3.63, 3.8) is 0 Å². The van der Waals surface area contributed by atoms with Gasteiger partial charge in [-0.1, -0.05) is 15.2 Å². The Hall–Kier alpha value is -2.38. The minimum Gasteiger partial charge on any atom is -0.258 e. The molecule has 7 heteroatoms. The first-order valence-corrected chi connectivity index (χ1v) is 6.31. The van der Waals surface area contributed by atoms with Gasteiger partial charge in [-0.3, -0.25) is 5.43 Å². The summed E-state index contributed by atoms with van der Waals surface area (Å²) in [4.78, 5) is 3.75. The summed E-state index contributed by atoms with van der Waals surface area (Å²) in [6.45, 7) is 0. The summed E-state index contributed by atoms with van der Waals surface area (Å²) >= 11 is 0. The molecule has 2 aromatic rings. The number of hydrogen-bond acceptors (Lipinski definition) is 3. The lowest BCUT2D eigenvalue weighted by atomic mass is 10.2. The number of rotatable bonds is 2. The van der Waals surface area contributed by atoms with Crippen molar-refractivity contribution in [3.8, 4) is 11.8 Å². The van der Waals surface area contributed by atoms with E-state index in [0.717, 1.165) is 12.1 Å². The number of pyridine rings is 1. The average Bonchev–Trinajstić information content (AvgIpc) is 2.47. The lowest BCUT2D eigenvalue weighted by Crippen LogP contribution is -1.97. The van der Waals surface area contributed by atoms with Crippen LogP contribution in [0.5, 0.6) is 0 Å². The quantitative estimate of drug-likeness (QED) is 0.400. The summed E-state index contributed by atoms with van der Waals surface area (Å²) in [5, 5.41) is 3.80. The Bertz CT molecular complexity index is 751. The summed E-state index contributed by atoms with van der Waals surface area (Å²) in [6, 6.07) is 6.00. The summed E-state index contributed by atoms with van der Waals surface area (Å²) in [5.41, 5.74) is 2.97. The van der Waals surface area contributed by atoms with E-state index in [1.54, 1.807) is 0 Å². The maximum Gasteiger partial charge on any atom is 0.182 e. The molecule has 0 aliphatic rings. The van der Waals surface area contributed by atoms with Gasteiger partial charge in [0.25, 0.3) is 0 Å². The standard InChI is InChI=1S/C14H9F3N3P/c15-10-5-3-9(8-12(10)17)4-6-13(21)19-20-14-11(16)2-1-7-18-14/h1-3,5,7-8H,21H2,(H,18,20)/b19-13+. The molecule has 0 fully saturated rings. The van der Waals surface area contributed by atoms with Crippen LogP contribution >= 0.6 is 9.24 Å². The fourth-order valence-electron chi connectivity index (χ4n) is 1.32. The smallest absolute Gasteiger partial charge is 0.182 e. The van der Waals surface area contributed by atoms with E-state index in [2.05, 4.69) is 36.6 Å². The van der Waals surface area contributed by atoms with E-state index in [4.69, 9.17) is 0 Å². The zero-order valence-electron chi connectivity index (χ0n) is 10.6. The molecule has 0 radical (unpaired) electrons. The summed E-state index contributed by atoms with van der Waals surface area (Å²) in [6.07, 6.45) is 1.41. The van der Waals surface area contributed by atoms with Gasteiger partial charge in [0, 0.05) is 11.8 Å². The van der Waals surface area contributed by atoms with Gasteiger partial charge in [-0.2, -0.15) is 5.10 Å². The number of hydrogen-bond donors (Lipinski definition) is 1. The molecule has 1 atom stereocenters. The van der Waals surface area contributed by atoms with Crippen LogP contribution in [0, 0.1) is 29.3 Å². The SMILES string of the molecule is Fc1ccc(C#C/C(P)=N\Nc2ncccc2F)cc1F. The van der Waals surface area contributed by atoms with Crippen molar-refractivity contribution >= 4 is 20.5 Å². The fraction of sp³-hybridized carbons (Fsp3) is 0. The molecule has 0 saturated carbocycles. The number of nitrogens with zero attached hydrogens (tertiary/aromatic N) is 2. The largest absolute Gasteiger partial charge is 0.258 e. The van der Waals surface area contributed by atoms with Gasteiger partial charge in [-0.15, -0.1) is 0 Å². The highest BCUT2D eigenvalue weighted by Gasteiger charge is 2.01. The van der Waals surface area contributed by atoms with Crippen LogP contribution in [0.4, 0.5) is 19.0 Å². The van der Waals surface area contributed by atoms with Gasteiger partial charge in [0.15, 0.2) is 23.3 Å². The van der Waals surface area contributed by atoms with Crippen molar-refractivity contribution in [1.29, 1.82) is 0 Å². The minimum atomic E-state index is -0.974. The monoisotopic (exact) mass is 307 g/mol. The summed E-state index contributed by atoms with van der Waals surface area (Å²) in [5.74, 6) is 2.70. The predicted octanol–water partition coefficient (Wildman–Crippen LogP) is 3.15. The van der Waals surface area contributed by atoms with Crippen LogP contribution in [0.25, 0.3) is 0 Å². The zero-order chi connectivity index (χ0) is 15.2. The molecule has 1 heterocycles. The van der Waals surface area contributed by atoms with Crippen molar-refractivity contribution in [2.75, 3.05) is 5.43 Å². The molecule has 0 amide bonds. The molecule has 1 unspecified atom stereocenters. The number of halogens is 3. The van der Waals surface area contributed by atoms with Crippen molar-refractivity contribution in [3.05, 3.63) is 59.5 Å². The second-order valence-corrected chi connectivity index (χ2v) is 4.37. The first-order chi connectivity index (χ1) is 10.1. The molecule has 0 bridgehead atoms. The predicted molar refractivity (Wildman–Crippen MR) is 78.2 cm³/mol. The molecule has 1 aromatic carbocycles. The number of anilines is 1. The van der Waals surface area contributed by atoms with Gasteiger partial charge < -0.3 is 0 Å². The first kappa shape index (κ1) is 15.0. The third-order valence-electron chi connectivity index (χ3n) is 2.30. The van der Waals surface area contributed by atoms with Gasteiger partial charge in [0.1, 0.15) is 5.45 Å². The highest BCUT2D eigenvalue weighted by molar-refractivity contribution is 7.42. The Balaban J connectivity index is 2.09. The van der Waals surface area contributed by atoms with Crippen molar-refractivity contribution in [1.82, 2.24) is 4.98 Å². The van der Waals surface area contributed by atoms with Crippen molar-refractivity contribution in [2.45, 2.75) is 0 Å². The number of aromatic nitrogens is 1. The average molecular weight is 307 g/mol. The number of benzene rings is 1. The Morgan fingerprint density at radius 3 is 2.67 bits per heavy atom. The van der Waals surface area contributed by atoms with Crippen LogP contribution in [-0.4, -0.2) is 10.4 Å². The summed E-state index contributed by atoms with van der Waals surface area (Å²) < 4.78 is 39.0. The normalized spacial score (nSPS) is 10.8. The van der Waals surface area contributed by atoms with Crippen LogP contribution in [0.3, 0.4) is 0 Å². The highest BCUT2D eigenvalue weighted by Crippen LogP contribution is 2.09. The van der Waals surface area contributed by atoms with E-state index < -0.39 is 17.5 Å². The van der Waals surface area contributed by atoms with Crippen LogP contribution in [0.2, 0.25) is 0 Å². The lowest BCUT2D eigenvalue weighted by Gasteiger charge is -1.99. The van der Waals surface area contributed by atoms with E-state index in [-0.39, 0.29) is 11.3 Å². The van der Waals surface area contributed by atoms with E-state index in [1.807, 2.05) is 0 Å². The number of hydrazone groups is 1. The van der Waals surface area contributed by atoms with Crippen molar-refractivity contribution < 1.29 is 13.2 Å². The minimum absolute atomic E-state index is 0.0351. The van der Waals surface area contributed by atoms with Crippen LogP contribution in [-0.2, 0) is 0 Å². The van der Waals surface area contributed by atoms with Gasteiger partial charge >= 0.3 is 0 Å². The zero-order valence-corrected chi connectivity index (χ0v) is 11.7. The fourth-order valence-corrected chi connectivity index (χ4v) is 1.46. The van der Waals surface area contributed by atoms with Gasteiger partial charge in [0.05, 0.1) is 0 Å². The van der Waals surface area contributed by atoms with E-state index in [9.17, 15) is 13.2 Å². The number of nitrogens with one attached hydrogen (secondary N) is 1. The molecule has 2 rings (SSSR count). The van der Waals surface area contributed by atoms with Crippen molar-refractivity contribution in [2.24, 2.45) is 5.10 Å². The molecular formula is C14H9F3N3P. The third kappa shape index (κ3) is 4.30. The molecule has 0 saturated heterocycles. The van der Waals surface area contributed by atoms with Crippen LogP contribution in [0.15, 0.2) is 41.6 Å². The molecule has 1 N–H and O–H groups in total. The molecule has 1 aromatic heterocycles. The van der Waals surface area contributed by atoms with Crippen LogP contribution < -0.4 is 5.43 Å². The summed E-state index contributed by atoms with van der Waals surface area (Å²) in [7, 11) is 2.23. The Kier molecular flexibility index (Phi) is 4.91. The maximum atomic E-state index is 13.3. The second-order valence-electron chi connectivity index (χ2n) is 3.82. The van der Waals surface area contributed by atoms with E-state index in [1.165, 1.54) is 24.4 Å². The lowest BCUT2D eigenvalue weighted by molar-refractivity contribution is 0.508. The Labute approximate surface area is 121 Å². The Morgan fingerprint density at radius 2 is 1.95 bits per heavy atom. The third-order valence-corrected chi connectivity index (χ3v) is 2.57. The molecule has 3 nitrogen and oxygen atoms in total. The van der Waals surface area contributed by atoms with Gasteiger partial charge in [0.2, 0.25) is 0 Å². The highest BCUT2D eigenvalue weighted by atomic mass is 31.0. The van der Waals surface area contributed by atoms with Gasteiger partial charge in [-0.05, 0) is 36.3 Å². The molecular weight excluding hydrogens is 298 g/mol. The van der Waals surface area contributed by atoms with Gasteiger partial charge in [-0.25, -0.2) is 18.2 Å². The first-order valence-electron chi connectivity index (χ1n) is 5.73. The molecule has 21 heavy (non-hydrogen) atoms. The topological polar surface area (TPSA) is 37.3 Å². The molecule has 0 spiro atoms.